The summed E-state index contributed by atoms with van der Waals surface area (Å²) < 4.78 is 5.36. The molecule has 7 heteroatoms. The van der Waals surface area contributed by atoms with Gasteiger partial charge in [0.1, 0.15) is 6.10 Å². The standard InChI is InChI=1S/C15H27NO6/c1-14(2)9-10(18)13(15(3,4)16(14)7-8-17)22-12(21)6-5-11(19)20/h10,13,17-18H,5-9H2,1-4H3,(H,19,20). The highest BCUT2D eigenvalue weighted by Crippen LogP contribution is 2.39. The van der Waals surface area contributed by atoms with Crippen LogP contribution < -0.4 is 0 Å². The van der Waals surface area contributed by atoms with Crippen molar-refractivity contribution in [2.75, 3.05) is 13.2 Å². The highest BCUT2D eigenvalue weighted by molar-refractivity contribution is 5.76. The predicted octanol–water partition coefficient (Wildman–Crippen LogP) is 0.379. The van der Waals surface area contributed by atoms with Crippen LogP contribution in [0.25, 0.3) is 0 Å². The fourth-order valence-electron chi connectivity index (χ4n) is 3.46. The first-order valence-electron chi connectivity index (χ1n) is 7.50. The molecular formula is C15H27NO6. The van der Waals surface area contributed by atoms with Gasteiger partial charge >= 0.3 is 11.9 Å². The number of aliphatic hydroxyl groups excluding tert-OH is 2. The molecule has 2 unspecified atom stereocenters. The summed E-state index contributed by atoms with van der Waals surface area (Å²) in [7, 11) is 0. The molecule has 1 aliphatic rings. The van der Waals surface area contributed by atoms with E-state index in [9.17, 15) is 19.8 Å². The number of rotatable bonds is 6. The molecule has 0 saturated carbocycles. The summed E-state index contributed by atoms with van der Waals surface area (Å²) in [5, 5.41) is 28.3. The molecule has 128 valence electrons. The normalized spacial score (nSPS) is 27.4. The van der Waals surface area contributed by atoms with Gasteiger partial charge in [0.05, 0.1) is 31.1 Å². The number of carboxylic acids is 1. The minimum atomic E-state index is -1.07. The molecule has 1 aliphatic heterocycles. The Hall–Kier alpha value is -1.18. The smallest absolute Gasteiger partial charge is 0.306 e. The number of carbonyl (C=O) groups excluding carboxylic acids is 1. The molecule has 1 fully saturated rings. The highest BCUT2D eigenvalue weighted by Gasteiger charge is 2.52. The lowest BCUT2D eigenvalue weighted by Gasteiger charge is -2.57. The van der Waals surface area contributed by atoms with E-state index in [0.717, 1.165) is 0 Å². The van der Waals surface area contributed by atoms with Crippen LogP contribution in [0, 0.1) is 0 Å². The van der Waals surface area contributed by atoms with Crippen molar-refractivity contribution in [2.45, 2.75) is 70.2 Å². The Morgan fingerprint density at radius 3 is 2.32 bits per heavy atom. The van der Waals surface area contributed by atoms with Crippen molar-refractivity contribution >= 4 is 11.9 Å². The van der Waals surface area contributed by atoms with Gasteiger partial charge in [-0.1, -0.05) is 0 Å². The average Bonchev–Trinajstić information content (AvgIpc) is 2.37. The van der Waals surface area contributed by atoms with Crippen LogP contribution in [0.5, 0.6) is 0 Å². The summed E-state index contributed by atoms with van der Waals surface area (Å²) >= 11 is 0. The second-order valence-electron chi connectivity index (χ2n) is 6.92. The summed E-state index contributed by atoms with van der Waals surface area (Å²) in [6.07, 6.45) is -1.73. The van der Waals surface area contributed by atoms with Gasteiger partial charge in [-0.15, -0.1) is 0 Å². The van der Waals surface area contributed by atoms with E-state index in [1.165, 1.54) is 0 Å². The molecule has 2 atom stereocenters. The first-order chi connectivity index (χ1) is 10.0. The van der Waals surface area contributed by atoms with E-state index < -0.39 is 29.7 Å². The molecule has 1 heterocycles. The number of ether oxygens (including phenoxy) is 1. The van der Waals surface area contributed by atoms with Crippen molar-refractivity contribution in [1.82, 2.24) is 4.90 Å². The van der Waals surface area contributed by atoms with Crippen molar-refractivity contribution in [3.8, 4) is 0 Å². The van der Waals surface area contributed by atoms with E-state index in [1.807, 2.05) is 32.6 Å². The molecule has 0 aromatic rings. The fourth-order valence-corrected chi connectivity index (χ4v) is 3.46. The number of carbonyl (C=O) groups is 2. The van der Waals surface area contributed by atoms with Crippen LogP contribution in [0.4, 0.5) is 0 Å². The second kappa shape index (κ2) is 6.93. The zero-order valence-electron chi connectivity index (χ0n) is 13.7. The maximum atomic E-state index is 11.8. The zero-order valence-corrected chi connectivity index (χ0v) is 13.7. The maximum absolute atomic E-state index is 11.8. The van der Waals surface area contributed by atoms with Crippen molar-refractivity contribution in [1.29, 1.82) is 0 Å². The van der Waals surface area contributed by atoms with Gasteiger partial charge in [0.15, 0.2) is 0 Å². The van der Waals surface area contributed by atoms with Crippen LogP contribution in [-0.2, 0) is 14.3 Å². The van der Waals surface area contributed by atoms with Crippen molar-refractivity contribution in [3.63, 3.8) is 0 Å². The quantitative estimate of drug-likeness (QED) is 0.608. The summed E-state index contributed by atoms with van der Waals surface area (Å²) in [6.45, 7) is 7.99. The summed E-state index contributed by atoms with van der Waals surface area (Å²) in [5.41, 5.74) is -1.03. The summed E-state index contributed by atoms with van der Waals surface area (Å²) in [6, 6.07) is 0. The Morgan fingerprint density at radius 2 is 1.82 bits per heavy atom. The average molecular weight is 317 g/mol. The van der Waals surface area contributed by atoms with Gasteiger partial charge in [-0.3, -0.25) is 14.5 Å². The van der Waals surface area contributed by atoms with Crippen LogP contribution in [-0.4, -0.2) is 68.6 Å². The van der Waals surface area contributed by atoms with Gasteiger partial charge in [0.2, 0.25) is 0 Å². The SMILES string of the molecule is CC1(C)CC(O)C(OC(=O)CCC(=O)O)C(C)(C)N1CCO. The van der Waals surface area contributed by atoms with E-state index in [-0.39, 0.29) is 25.0 Å². The van der Waals surface area contributed by atoms with Gasteiger partial charge in [-0.2, -0.15) is 0 Å². The van der Waals surface area contributed by atoms with Gasteiger partial charge in [-0.25, -0.2) is 0 Å². The van der Waals surface area contributed by atoms with Crippen molar-refractivity contribution in [3.05, 3.63) is 0 Å². The zero-order chi connectivity index (χ0) is 17.1. The third-order valence-corrected chi connectivity index (χ3v) is 4.31. The first kappa shape index (κ1) is 18.9. The van der Waals surface area contributed by atoms with Crippen molar-refractivity contribution in [2.24, 2.45) is 0 Å². The van der Waals surface area contributed by atoms with E-state index in [2.05, 4.69) is 0 Å². The first-order valence-corrected chi connectivity index (χ1v) is 7.50. The topological polar surface area (TPSA) is 107 Å². The number of esters is 1. The number of aliphatic hydroxyl groups is 2. The number of hydrogen-bond donors (Lipinski definition) is 3. The largest absolute Gasteiger partial charge is 0.481 e. The third kappa shape index (κ3) is 4.18. The monoisotopic (exact) mass is 317 g/mol. The number of piperidine rings is 1. The van der Waals surface area contributed by atoms with Gasteiger partial charge in [0.25, 0.3) is 0 Å². The number of carboxylic acid groups (broad SMARTS) is 1. The number of nitrogens with zero attached hydrogens (tertiary/aromatic N) is 1. The molecule has 7 nitrogen and oxygen atoms in total. The molecule has 1 rings (SSSR count). The minimum Gasteiger partial charge on any atom is -0.481 e. The lowest BCUT2D eigenvalue weighted by atomic mass is 9.76. The molecule has 0 bridgehead atoms. The van der Waals surface area contributed by atoms with E-state index in [0.29, 0.717) is 13.0 Å². The van der Waals surface area contributed by atoms with Crippen LogP contribution >= 0.6 is 0 Å². The summed E-state index contributed by atoms with van der Waals surface area (Å²) in [5.74, 6) is -1.70. The van der Waals surface area contributed by atoms with E-state index in [1.54, 1.807) is 0 Å². The fraction of sp³-hybridized carbons (Fsp3) is 0.867. The maximum Gasteiger partial charge on any atom is 0.306 e. The second-order valence-corrected chi connectivity index (χ2v) is 6.92. The number of likely N-dealkylation sites (tertiary alicyclic amines) is 1. The van der Waals surface area contributed by atoms with E-state index in [4.69, 9.17) is 9.84 Å². The minimum absolute atomic E-state index is 0.0391. The number of hydrogen-bond acceptors (Lipinski definition) is 6. The molecule has 0 radical (unpaired) electrons. The highest BCUT2D eigenvalue weighted by atomic mass is 16.6. The van der Waals surface area contributed by atoms with Crippen LogP contribution in [0.1, 0.15) is 47.0 Å². The van der Waals surface area contributed by atoms with Gasteiger partial charge in [0, 0.05) is 12.1 Å². The molecule has 0 spiro atoms. The third-order valence-electron chi connectivity index (χ3n) is 4.31. The Bertz CT molecular complexity index is 420. The molecule has 0 aromatic carbocycles. The molecule has 1 saturated heterocycles. The number of β-amino-alcohol motifs (C(OH)–C–C–N with tert-alkyl or cyclic N) is 1. The summed E-state index contributed by atoms with van der Waals surface area (Å²) in [4.78, 5) is 24.3. The Morgan fingerprint density at radius 1 is 1.23 bits per heavy atom. The Labute approximate surface area is 130 Å². The molecule has 0 aliphatic carbocycles. The van der Waals surface area contributed by atoms with E-state index >= 15 is 0 Å². The molecular weight excluding hydrogens is 290 g/mol. The Kier molecular flexibility index (Phi) is 5.95. The van der Waals surface area contributed by atoms with Crippen LogP contribution in [0.2, 0.25) is 0 Å². The van der Waals surface area contributed by atoms with Crippen LogP contribution in [0.3, 0.4) is 0 Å². The van der Waals surface area contributed by atoms with Gasteiger partial charge in [-0.05, 0) is 34.1 Å². The number of aliphatic carboxylic acids is 1. The molecule has 0 aromatic heterocycles. The molecule has 22 heavy (non-hydrogen) atoms. The molecule has 3 N–H and O–H groups in total. The van der Waals surface area contributed by atoms with Crippen LogP contribution in [0.15, 0.2) is 0 Å². The van der Waals surface area contributed by atoms with Gasteiger partial charge < -0.3 is 20.1 Å². The lowest BCUT2D eigenvalue weighted by molar-refractivity contribution is -0.196. The van der Waals surface area contributed by atoms with Crippen molar-refractivity contribution < 1.29 is 29.6 Å². The predicted molar refractivity (Wildman–Crippen MR) is 79.3 cm³/mol. The lowest BCUT2D eigenvalue weighted by Crippen LogP contribution is -2.70. The molecule has 0 amide bonds. The Balaban J connectivity index is 2.88.